The standard InChI is InChI=1S/C17H28N4O3/c1-21(2)16(22)14-20-17(19-11-13-23-3)18-10-7-12-24-15-8-5-4-6-9-15/h4-6,8-9H,7,10-14H2,1-3H3,(H2,18,19,20). The van der Waals surface area contributed by atoms with Gasteiger partial charge in [-0.2, -0.15) is 0 Å². The summed E-state index contributed by atoms with van der Waals surface area (Å²) in [5.41, 5.74) is 0. The molecular weight excluding hydrogens is 308 g/mol. The fourth-order valence-electron chi connectivity index (χ4n) is 1.72. The molecule has 0 unspecified atom stereocenters. The van der Waals surface area contributed by atoms with Crippen LogP contribution in [0.4, 0.5) is 0 Å². The van der Waals surface area contributed by atoms with E-state index in [1.54, 1.807) is 21.2 Å². The molecule has 1 aromatic carbocycles. The maximum atomic E-state index is 11.6. The molecule has 1 aromatic rings. The molecule has 0 aliphatic carbocycles. The minimum absolute atomic E-state index is 0.0461. The van der Waals surface area contributed by atoms with Crippen LogP contribution in [0.2, 0.25) is 0 Å². The van der Waals surface area contributed by atoms with Crippen molar-refractivity contribution in [2.45, 2.75) is 6.42 Å². The Morgan fingerprint density at radius 2 is 1.83 bits per heavy atom. The second-order valence-electron chi connectivity index (χ2n) is 5.31. The molecule has 0 saturated carbocycles. The fourth-order valence-corrected chi connectivity index (χ4v) is 1.72. The van der Waals surface area contributed by atoms with E-state index in [2.05, 4.69) is 15.6 Å². The number of amides is 1. The molecule has 0 heterocycles. The summed E-state index contributed by atoms with van der Waals surface area (Å²) in [5.74, 6) is 1.42. The summed E-state index contributed by atoms with van der Waals surface area (Å²) in [6.45, 7) is 2.61. The molecule has 0 aliphatic rings. The highest BCUT2D eigenvalue weighted by Gasteiger charge is 2.04. The van der Waals surface area contributed by atoms with E-state index in [9.17, 15) is 4.79 Å². The van der Waals surface area contributed by atoms with Gasteiger partial charge in [-0.25, -0.2) is 4.99 Å². The van der Waals surface area contributed by atoms with Crippen molar-refractivity contribution in [2.75, 3.05) is 54.1 Å². The van der Waals surface area contributed by atoms with E-state index in [1.165, 1.54) is 4.90 Å². The highest BCUT2D eigenvalue weighted by Crippen LogP contribution is 2.07. The first-order chi connectivity index (χ1) is 11.6. The van der Waals surface area contributed by atoms with E-state index in [1.807, 2.05) is 30.3 Å². The Morgan fingerprint density at radius 3 is 2.50 bits per heavy atom. The van der Waals surface area contributed by atoms with Crippen LogP contribution in [0.3, 0.4) is 0 Å². The Labute approximate surface area is 144 Å². The van der Waals surface area contributed by atoms with E-state index in [-0.39, 0.29) is 12.5 Å². The van der Waals surface area contributed by atoms with Crippen LogP contribution in [0.5, 0.6) is 5.75 Å². The molecule has 7 heteroatoms. The maximum absolute atomic E-state index is 11.6. The SMILES string of the molecule is COCCNC(=NCC(=O)N(C)C)NCCCOc1ccccc1. The number of aliphatic imine (C=N–C) groups is 1. The summed E-state index contributed by atoms with van der Waals surface area (Å²) in [6, 6.07) is 9.70. The van der Waals surface area contributed by atoms with Gasteiger partial charge in [-0.15, -0.1) is 0 Å². The van der Waals surface area contributed by atoms with Gasteiger partial charge >= 0.3 is 0 Å². The Hall–Kier alpha value is -2.28. The minimum Gasteiger partial charge on any atom is -0.494 e. The molecule has 0 radical (unpaired) electrons. The second kappa shape index (κ2) is 12.2. The molecule has 0 aromatic heterocycles. The van der Waals surface area contributed by atoms with E-state index >= 15 is 0 Å². The van der Waals surface area contributed by atoms with Crippen LogP contribution in [0, 0.1) is 0 Å². The predicted molar refractivity (Wildman–Crippen MR) is 95.4 cm³/mol. The van der Waals surface area contributed by atoms with Crippen LogP contribution >= 0.6 is 0 Å². The van der Waals surface area contributed by atoms with Crippen molar-refractivity contribution in [3.05, 3.63) is 30.3 Å². The van der Waals surface area contributed by atoms with Gasteiger partial charge in [0.15, 0.2) is 5.96 Å². The molecule has 24 heavy (non-hydrogen) atoms. The van der Waals surface area contributed by atoms with Gasteiger partial charge in [0.25, 0.3) is 0 Å². The largest absolute Gasteiger partial charge is 0.494 e. The Kier molecular flexibility index (Phi) is 10.0. The molecule has 2 N–H and O–H groups in total. The van der Waals surface area contributed by atoms with Gasteiger partial charge in [0, 0.05) is 34.3 Å². The van der Waals surface area contributed by atoms with Crippen molar-refractivity contribution < 1.29 is 14.3 Å². The number of carbonyl (C=O) groups excluding carboxylic acids is 1. The van der Waals surface area contributed by atoms with Crippen LogP contribution in [-0.4, -0.2) is 70.8 Å². The zero-order valence-corrected chi connectivity index (χ0v) is 14.7. The number of ether oxygens (including phenoxy) is 2. The third-order valence-corrected chi connectivity index (χ3v) is 3.10. The van der Waals surface area contributed by atoms with Gasteiger partial charge in [0.2, 0.25) is 5.91 Å². The normalized spacial score (nSPS) is 11.0. The summed E-state index contributed by atoms with van der Waals surface area (Å²) in [7, 11) is 5.07. The average Bonchev–Trinajstić information content (AvgIpc) is 2.59. The lowest BCUT2D eigenvalue weighted by atomic mass is 10.3. The molecule has 134 valence electrons. The van der Waals surface area contributed by atoms with E-state index in [4.69, 9.17) is 9.47 Å². The van der Waals surface area contributed by atoms with Crippen LogP contribution in [-0.2, 0) is 9.53 Å². The first kappa shape index (κ1) is 19.8. The first-order valence-corrected chi connectivity index (χ1v) is 8.02. The molecule has 0 aliphatic heterocycles. The van der Waals surface area contributed by atoms with Gasteiger partial charge in [-0.05, 0) is 18.6 Å². The Balaban J connectivity index is 2.32. The second-order valence-corrected chi connectivity index (χ2v) is 5.31. The molecule has 0 bridgehead atoms. The van der Waals surface area contributed by atoms with Crippen LogP contribution < -0.4 is 15.4 Å². The predicted octanol–water partition coefficient (Wildman–Crippen LogP) is 0.725. The highest BCUT2D eigenvalue weighted by atomic mass is 16.5. The number of guanidine groups is 1. The number of para-hydroxylation sites is 1. The summed E-state index contributed by atoms with van der Waals surface area (Å²) in [6.07, 6.45) is 0.821. The van der Waals surface area contributed by atoms with Gasteiger partial charge in [-0.3, -0.25) is 4.79 Å². The molecule has 0 atom stereocenters. The van der Waals surface area contributed by atoms with Crippen molar-refractivity contribution in [3.63, 3.8) is 0 Å². The number of hydrogen-bond donors (Lipinski definition) is 2. The zero-order chi connectivity index (χ0) is 17.6. The molecule has 0 saturated heterocycles. The van der Waals surface area contributed by atoms with Gasteiger partial charge in [0.05, 0.1) is 13.2 Å². The van der Waals surface area contributed by atoms with Crippen molar-refractivity contribution in [1.29, 1.82) is 0 Å². The summed E-state index contributed by atoms with van der Waals surface area (Å²) >= 11 is 0. The number of carbonyl (C=O) groups is 1. The third-order valence-electron chi connectivity index (χ3n) is 3.10. The summed E-state index contributed by atoms with van der Waals surface area (Å²) < 4.78 is 10.6. The van der Waals surface area contributed by atoms with Gasteiger partial charge < -0.3 is 25.0 Å². The summed E-state index contributed by atoms with van der Waals surface area (Å²) in [4.78, 5) is 17.4. The number of nitrogens with one attached hydrogen (secondary N) is 2. The van der Waals surface area contributed by atoms with Crippen LogP contribution in [0.15, 0.2) is 35.3 Å². The number of benzene rings is 1. The maximum Gasteiger partial charge on any atom is 0.243 e. The molecule has 0 spiro atoms. The number of likely N-dealkylation sites (N-methyl/N-ethyl adjacent to an activating group) is 1. The molecule has 7 nitrogen and oxygen atoms in total. The number of nitrogens with zero attached hydrogens (tertiary/aromatic N) is 2. The Bertz CT molecular complexity index is 492. The lowest BCUT2D eigenvalue weighted by Gasteiger charge is -2.13. The van der Waals surface area contributed by atoms with E-state index < -0.39 is 0 Å². The topological polar surface area (TPSA) is 75.2 Å². The van der Waals surface area contributed by atoms with Gasteiger partial charge in [-0.1, -0.05) is 18.2 Å². The highest BCUT2D eigenvalue weighted by molar-refractivity contribution is 5.84. The number of hydrogen-bond acceptors (Lipinski definition) is 4. The molecule has 1 rings (SSSR count). The van der Waals surface area contributed by atoms with Crippen molar-refractivity contribution in [1.82, 2.24) is 15.5 Å². The number of rotatable bonds is 10. The summed E-state index contributed by atoms with van der Waals surface area (Å²) in [5, 5.41) is 6.32. The van der Waals surface area contributed by atoms with Crippen molar-refractivity contribution in [3.8, 4) is 5.75 Å². The quantitative estimate of drug-likeness (QED) is 0.374. The van der Waals surface area contributed by atoms with E-state index in [0.717, 1.165) is 12.2 Å². The molecule has 0 fully saturated rings. The lowest BCUT2D eigenvalue weighted by Crippen LogP contribution is -2.40. The van der Waals surface area contributed by atoms with Gasteiger partial charge in [0.1, 0.15) is 12.3 Å². The van der Waals surface area contributed by atoms with E-state index in [0.29, 0.717) is 32.3 Å². The van der Waals surface area contributed by atoms with Crippen LogP contribution in [0.1, 0.15) is 6.42 Å². The fraction of sp³-hybridized carbons (Fsp3) is 0.529. The first-order valence-electron chi connectivity index (χ1n) is 8.02. The lowest BCUT2D eigenvalue weighted by molar-refractivity contribution is -0.127. The monoisotopic (exact) mass is 336 g/mol. The average molecular weight is 336 g/mol. The minimum atomic E-state index is -0.0461. The van der Waals surface area contributed by atoms with Crippen molar-refractivity contribution in [2.24, 2.45) is 4.99 Å². The third kappa shape index (κ3) is 8.99. The molecule has 1 amide bonds. The Morgan fingerprint density at radius 1 is 1.12 bits per heavy atom. The molecular formula is C17H28N4O3. The number of methoxy groups -OCH3 is 1. The van der Waals surface area contributed by atoms with Crippen molar-refractivity contribution >= 4 is 11.9 Å². The smallest absolute Gasteiger partial charge is 0.243 e. The van der Waals surface area contributed by atoms with Crippen LogP contribution in [0.25, 0.3) is 0 Å². The zero-order valence-electron chi connectivity index (χ0n) is 14.7.